The van der Waals surface area contributed by atoms with Gasteiger partial charge in [-0.3, -0.25) is 4.79 Å². The van der Waals surface area contributed by atoms with Crippen molar-refractivity contribution in [2.45, 2.75) is 25.5 Å². The second-order valence-corrected chi connectivity index (χ2v) is 13.5. The van der Waals surface area contributed by atoms with Crippen molar-refractivity contribution in [3.8, 4) is 22.9 Å². The zero-order chi connectivity index (χ0) is 29.5. The number of halogens is 1. The van der Waals surface area contributed by atoms with E-state index >= 15 is 0 Å². The van der Waals surface area contributed by atoms with E-state index < -0.39 is 15.6 Å². The van der Waals surface area contributed by atoms with Gasteiger partial charge in [0.15, 0.2) is 0 Å². The number of aromatic nitrogens is 3. The molecule has 1 saturated carbocycles. The first-order chi connectivity index (χ1) is 20.1. The molecule has 0 amide bonds. The third kappa shape index (κ3) is 5.87. The molecule has 11 nitrogen and oxygen atoms in total. The van der Waals surface area contributed by atoms with Crippen LogP contribution in [0.2, 0.25) is 5.02 Å². The van der Waals surface area contributed by atoms with Crippen LogP contribution in [0.3, 0.4) is 0 Å². The van der Waals surface area contributed by atoms with E-state index in [1.54, 1.807) is 48.7 Å². The third-order valence-corrected chi connectivity index (χ3v) is 9.83. The molecule has 2 fully saturated rings. The highest BCUT2D eigenvalue weighted by Gasteiger charge is 2.39. The largest absolute Gasteiger partial charge is 0.486 e. The summed E-state index contributed by atoms with van der Waals surface area (Å²) in [5.74, 6) is 0.338. The summed E-state index contributed by atoms with van der Waals surface area (Å²) >= 11 is 6.16. The van der Waals surface area contributed by atoms with Gasteiger partial charge in [-0.1, -0.05) is 24.6 Å². The van der Waals surface area contributed by atoms with Crippen LogP contribution in [-0.2, 0) is 15.8 Å². The molecule has 0 radical (unpaired) electrons. The molecule has 2 N–H and O–H groups in total. The highest BCUT2D eigenvalue weighted by molar-refractivity contribution is 7.88. The van der Waals surface area contributed by atoms with Crippen LogP contribution >= 0.6 is 11.6 Å². The molecule has 2 aromatic heterocycles. The van der Waals surface area contributed by atoms with Crippen LogP contribution in [0.25, 0.3) is 17.1 Å². The van der Waals surface area contributed by atoms with Gasteiger partial charge in [0.1, 0.15) is 12.0 Å². The SMILES string of the molecule is CC1(COc2c(N3CCN(S(=O)(=O)Cc4cc(-c5ncco5)ccc4N)CC3)cnn(-c3cccc(Cl)c3)c2=O)CC1. The second kappa shape index (κ2) is 11.1. The molecular formula is C29H31ClN6O5S. The van der Waals surface area contributed by atoms with E-state index in [9.17, 15) is 13.2 Å². The summed E-state index contributed by atoms with van der Waals surface area (Å²) in [4.78, 5) is 19.7. The van der Waals surface area contributed by atoms with Crippen molar-refractivity contribution in [3.05, 3.63) is 82.1 Å². The van der Waals surface area contributed by atoms with Gasteiger partial charge in [-0.15, -0.1) is 0 Å². The lowest BCUT2D eigenvalue weighted by Gasteiger charge is -2.36. The average molecular weight is 611 g/mol. The van der Waals surface area contributed by atoms with Gasteiger partial charge < -0.3 is 19.8 Å². The minimum absolute atomic E-state index is 0.0484. The van der Waals surface area contributed by atoms with Gasteiger partial charge in [0.05, 0.1) is 30.4 Å². The number of piperazine rings is 1. The Morgan fingerprint density at radius 1 is 1.12 bits per heavy atom. The Bertz CT molecular complexity index is 1760. The number of hydrogen-bond donors (Lipinski definition) is 1. The Hall–Kier alpha value is -3.87. The van der Waals surface area contributed by atoms with Crippen molar-refractivity contribution in [3.63, 3.8) is 0 Å². The van der Waals surface area contributed by atoms with Crippen LogP contribution in [0, 0.1) is 5.41 Å². The van der Waals surface area contributed by atoms with E-state index in [0.29, 0.717) is 58.8 Å². The molecule has 13 heteroatoms. The number of rotatable bonds is 9. The molecular weight excluding hydrogens is 580 g/mol. The lowest BCUT2D eigenvalue weighted by Crippen LogP contribution is -2.49. The second-order valence-electron chi connectivity index (χ2n) is 11.0. The van der Waals surface area contributed by atoms with E-state index in [-0.39, 0.29) is 30.0 Å². The normalized spacial score (nSPS) is 16.9. The smallest absolute Gasteiger partial charge is 0.316 e. The van der Waals surface area contributed by atoms with Gasteiger partial charge in [0.25, 0.3) is 0 Å². The molecule has 2 aromatic carbocycles. The number of sulfonamides is 1. The summed E-state index contributed by atoms with van der Waals surface area (Å²) in [7, 11) is -3.69. The zero-order valence-corrected chi connectivity index (χ0v) is 24.6. The van der Waals surface area contributed by atoms with Crippen LogP contribution in [0.15, 0.2) is 70.3 Å². The van der Waals surface area contributed by atoms with Gasteiger partial charge in [-0.2, -0.15) is 14.1 Å². The number of oxazole rings is 1. The van der Waals surface area contributed by atoms with Crippen molar-refractivity contribution >= 4 is 33.0 Å². The fourth-order valence-electron chi connectivity index (χ4n) is 4.91. The molecule has 0 bridgehead atoms. The van der Waals surface area contributed by atoms with Crippen LogP contribution in [-0.4, -0.2) is 60.3 Å². The Labute approximate surface area is 248 Å². The molecule has 1 aliphatic carbocycles. The molecule has 4 aromatic rings. The maximum absolute atomic E-state index is 13.6. The number of ether oxygens (including phenoxy) is 1. The van der Waals surface area contributed by atoms with Gasteiger partial charge >= 0.3 is 5.56 Å². The molecule has 0 spiro atoms. The lowest BCUT2D eigenvalue weighted by molar-refractivity contribution is 0.242. The predicted molar refractivity (Wildman–Crippen MR) is 160 cm³/mol. The van der Waals surface area contributed by atoms with Crippen LogP contribution in [0.4, 0.5) is 11.4 Å². The zero-order valence-electron chi connectivity index (χ0n) is 23.1. The summed E-state index contributed by atoms with van der Waals surface area (Å²) in [6.07, 6.45) is 6.67. The lowest BCUT2D eigenvalue weighted by atomic mass is 10.1. The quantitative estimate of drug-likeness (QED) is 0.279. The summed E-state index contributed by atoms with van der Waals surface area (Å²) in [5.41, 5.74) is 8.37. The van der Waals surface area contributed by atoms with Gasteiger partial charge in [0, 0.05) is 47.9 Å². The number of nitrogens with zero attached hydrogens (tertiary/aromatic N) is 5. The number of nitrogens with two attached hydrogens (primary N) is 1. The maximum Gasteiger partial charge on any atom is 0.316 e. The molecule has 1 aliphatic heterocycles. The topological polar surface area (TPSA) is 137 Å². The summed E-state index contributed by atoms with van der Waals surface area (Å²) < 4.78 is 41.1. The minimum Gasteiger partial charge on any atom is -0.486 e. The van der Waals surface area contributed by atoms with Crippen molar-refractivity contribution < 1.29 is 17.6 Å². The van der Waals surface area contributed by atoms with Crippen LogP contribution < -0.4 is 20.9 Å². The third-order valence-electron chi connectivity index (χ3n) is 7.77. The van der Waals surface area contributed by atoms with E-state index in [2.05, 4.69) is 17.0 Å². The number of benzene rings is 2. The number of anilines is 2. The van der Waals surface area contributed by atoms with Gasteiger partial charge in [-0.05, 0) is 54.8 Å². The summed E-state index contributed by atoms with van der Waals surface area (Å²) in [5, 5.41) is 4.90. The number of hydrogen-bond acceptors (Lipinski definition) is 9. The Balaban J connectivity index is 1.21. The minimum atomic E-state index is -3.69. The van der Waals surface area contributed by atoms with Crippen LogP contribution in [0.1, 0.15) is 25.3 Å². The van der Waals surface area contributed by atoms with Crippen molar-refractivity contribution in [2.24, 2.45) is 5.41 Å². The summed E-state index contributed by atoms with van der Waals surface area (Å²) in [6, 6.07) is 12.0. The van der Waals surface area contributed by atoms with Crippen LogP contribution in [0.5, 0.6) is 5.75 Å². The highest BCUT2D eigenvalue weighted by atomic mass is 35.5. The Kier molecular flexibility index (Phi) is 7.46. The standard InChI is InChI=1S/C29H31ClN6O5S/c1-29(7-8-29)19-41-26-25(17-33-36(28(26)37)23-4-2-3-22(30)16-23)34-10-12-35(13-11-34)42(38,39)18-21-15-20(5-6-24(21)31)27-32-9-14-40-27/h2-6,9,14-17H,7-8,10-13,18-19,31H2,1H3. The van der Waals surface area contributed by atoms with E-state index in [0.717, 1.165) is 12.8 Å². The monoisotopic (exact) mass is 610 g/mol. The molecule has 0 atom stereocenters. The fourth-order valence-corrected chi connectivity index (χ4v) is 6.64. The first kappa shape index (κ1) is 28.3. The first-order valence-electron chi connectivity index (χ1n) is 13.6. The molecule has 0 unspecified atom stereocenters. The van der Waals surface area contributed by atoms with E-state index in [1.165, 1.54) is 21.4 Å². The average Bonchev–Trinajstić information content (AvgIpc) is 3.46. The van der Waals surface area contributed by atoms with Gasteiger partial charge in [-0.25, -0.2) is 13.4 Å². The molecule has 6 rings (SSSR count). The van der Waals surface area contributed by atoms with E-state index in [1.807, 2.05) is 4.90 Å². The highest BCUT2D eigenvalue weighted by Crippen LogP contribution is 2.45. The Morgan fingerprint density at radius 3 is 2.60 bits per heavy atom. The number of nitrogen functional groups attached to an aromatic ring is 1. The van der Waals surface area contributed by atoms with Gasteiger partial charge in [0.2, 0.25) is 21.7 Å². The predicted octanol–water partition coefficient (Wildman–Crippen LogP) is 3.95. The summed E-state index contributed by atoms with van der Waals surface area (Å²) in [6.45, 7) is 3.73. The fraction of sp³-hybridized carbons (Fsp3) is 0.345. The Morgan fingerprint density at radius 2 is 1.90 bits per heavy atom. The van der Waals surface area contributed by atoms with E-state index in [4.69, 9.17) is 26.5 Å². The van der Waals surface area contributed by atoms with Crippen molar-refractivity contribution in [1.82, 2.24) is 19.1 Å². The molecule has 42 heavy (non-hydrogen) atoms. The molecule has 3 heterocycles. The van der Waals surface area contributed by atoms with Crippen molar-refractivity contribution in [1.29, 1.82) is 0 Å². The molecule has 220 valence electrons. The first-order valence-corrected chi connectivity index (χ1v) is 15.6. The molecule has 1 saturated heterocycles. The molecule has 2 aliphatic rings. The van der Waals surface area contributed by atoms with Crippen molar-refractivity contribution in [2.75, 3.05) is 43.4 Å². The maximum atomic E-state index is 13.6.